The van der Waals surface area contributed by atoms with Crippen LogP contribution in [0.3, 0.4) is 0 Å². The first-order valence-electron chi connectivity index (χ1n) is 15.0. The van der Waals surface area contributed by atoms with Gasteiger partial charge >= 0.3 is 0 Å². The van der Waals surface area contributed by atoms with Crippen molar-refractivity contribution in [3.8, 4) is 22.6 Å². The number of methoxy groups -OCH3 is 2. The van der Waals surface area contributed by atoms with Crippen molar-refractivity contribution in [3.05, 3.63) is 71.3 Å². The first kappa shape index (κ1) is 33.3. The van der Waals surface area contributed by atoms with E-state index >= 15 is 0 Å². The largest absolute Gasteiger partial charge is 0.466 e. The number of aryl methyl sites for hydroxylation is 1. The van der Waals surface area contributed by atoms with Crippen LogP contribution in [0.15, 0.2) is 54.6 Å². The molecular formula is C36H44O7Si. The van der Waals surface area contributed by atoms with Crippen LogP contribution >= 0.6 is 0 Å². The van der Waals surface area contributed by atoms with Crippen molar-refractivity contribution in [1.82, 2.24) is 0 Å². The van der Waals surface area contributed by atoms with Gasteiger partial charge in [-0.2, -0.15) is 0 Å². The molecule has 44 heavy (non-hydrogen) atoms. The second kappa shape index (κ2) is 14.5. The van der Waals surface area contributed by atoms with Gasteiger partial charge in [-0.3, -0.25) is 9.59 Å². The second-order valence-corrected chi connectivity index (χ2v) is 17.3. The Balaban J connectivity index is 1.83. The number of hydrogen-bond donors (Lipinski definition) is 0. The van der Waals surface area contributed by atoms with Gasteiger partial charge in [0.25, 0.3) is 0 Å². The van der Waals surface area contributed by atoms with Gasteiger partial charge in [-0.15, -0.1) is 0 Å². The molecule has 0 unspecified atom stereocenters. The SMILES string of the molecule is COCOc1c(C=O)cc2ccccc2c1-c1c(OCOC)c(C=O)cc2cc(CCCCO[Si](C)(C)C(C)(C)C)ccc12. The minimum Gasteiger partial charge on any atom is -0.466 e. The number of unbranched alkanes of at least 4 members (excludes halogenated alkanes) is 1. The first-order chi connectivity index (χ1) is 21.1. The van der Waals surface area contributed by atoms with Crippen LogP contribution in [0.2, 0.25) is 18.1 Å². The zero-order valence-corrected chi connectivity index (χ0v) is 28.0. The molecular weight excluding hydrogens is 572 g/mol. The van der Waals surface area contributed by atoms with Crippen LogP contribution in [-0.4, -0.2) is 55.3 Å². The number of carbonyl (C=O) groups excluding carboxylic acids is 2. The number of fused-ring (bicyclic) bond motifs is 2. The van der Waals surface area contributed by atoms with E-state index in [-0.39, 0.29) is 18.6 Å². The monoisotopic (exact) mass is 616 g/mol. The maximum atomic E-state index is 12.5. The van der Waals surface area contributed by atoms with E-state index < -0.39 is 8.32 Å². The van der Waals surface area contributed by atoms with E-state index in [0.29, 0.717) is 33.8 Å². The average Bonchev–Trinajstić information content (AvgIpc) is 3.00. The van der Waals surface area contributed by atoms with Crippen LogP contribution in [0.25, 0.3) is 32.7 Å². The number of rotatable bonds is 15. The number of aldehydes is 2. The normalized spacial score (nSPS) is 12.1. The van der Waals surface area contributed by atoms with E-state index in [1.54, 1.807) is 6.07 Å². The molecule has 0 radical (unpaired) electrons. The summed E-state index contributed by atoms with van der Waals surface area (Å²) >= 11 is 0. The third-order valence-corrected chi connectivity index (χ3v) is 13.0. The molecule has 0 amide bonds. The fourth-order valence-electron chi connectivity index (χ4n) is 5.16. The Bertz CT molecular complexity index is 1620. The molecule has 0 fully saturated rings. The lowest BCUT2D eigenvalue weighted by atomic mass is 9.88. The predicted octanol–water partition coefficient (Wildman–Crippen LogP) is 8.59. The van der Waals surface area contributed by atoms with Gasteiger partial charge in [0.2, 0.25) is 0 Å². The van der Waals surface area contributed by atoms with Crippen LogP contribution in [0.4, 0.5) is 0 Å². The fraction of sp³-hybridized carbons (Fsp3) is 0.389. The van der Waals surface area contributed by atoms with Crippen LogP contribution in [0.5, 0.6) is 11.5 Å². The highest BCUT2D eigenvalue weighted by Gasteiger charge is 2.36. The summed E-state index contributed by atoms with van der Waals surface area (Å²) in [7, 11) is 1.29. The molecule has 0 bridgehead atoms. The van der Waals surface area contributed by atoms with Crippen molar-refractivity contribution in [2.24, 2.45) is 0 Å². The Labute approximate surface area is 261 Å². The van der Waals surface area contributed by atoms with Crippen LogP contribution in [0.1, 0.15) is 59.9 Å². The van der Waals surface area contributed by atoms with Crippen molar-refractivity contribution >= 4 is 42.4 Å². The van der Waals surface area contributed by atoms with Crippen LogP contribution in [0, 0.1) is 0 Å². The Morgan fingerprint density at radius 3 is 1.86 bits per heavy atom. The minimum absolute atomic E-state index is 0.0605. The molecule has 0 aliphatic carbocycles. The molecule has 0 aromatic heterocycles. The van der Waals surface area contributed by atoms with Crippen molar-refractivity contribution in [3.63, 3.8) is 0 Å². The van der Waals surface area contributed by atoms with Gasteiger partial charge < -0.3 is 23.4 Å². The summed E-state index contributed by atoms with van der Waals surface area (Å²) in [5.74, 6) is 0.721. The third kappa shape index (κ3) is 7.21. The first-order valence-corrected chi connectivity index (χ1v) is 17.9. The van der Waals surface area contributed by atoms with Crippen molar-refractivity contribution in [2.45, 2.75) is 58.2 Å². The van der Waals surface area contributed by atoms with Gasteiger partial charge in [0.15, 0.2) is 34.5 Å². The fourth-order valence-corrected chi connectivity index (χ4v) is 6.25. The van der Waals surface area contributed by atoms with E-state index in [2.05, 4.69) is 52.1 Å². The van der Waals surface area contributed by atoms with E-state index in [1.807, 2.05) is 30.3 Å². The molecule has 7 nitrogen and oxygen atoms in total. The van der Waals surface area contributed by atoms with Crippen molar-refractivity contribution in [2.75, 3.05) is 34.4 Å². The van der Waals surface area contributed by atoms with Crippen molar-refractivity contribution < 1.29 is 33.0 Å². The standard InChI is InChI=1S/C36H44O7Si/c1-36(2,3)44(6,7)43-17-11-10-12-25-15-16-31-27(18-25)20-29(22-38)35(42-24-40-5)33(31)32-30-14-9-8-13-26(30)19-28(21-37)34(32)41-23-39-4/h8-9,13-16,18-22H,10-12,17,23-24H2,1-7H3. The smallest absolute Gasteiger partial charge is 0.191 e. The molecule has 4 aromatic carbocycles. The highest BCUT2D eigenvalue weighted by atomic mass is 28.4. The van der Waals surface area contributed by atoms with Gasteiger partial charge in [0.1, 0.15) is 11.5 Å². The van der Waals surface area contributed by atoms with Gasteiger partial charge in [-0.1, -0.05) is 63.2 Å². The molecule has 0 aliphatic heterocycles. The van der Waals surface area contributed by atoms with Gasteiger partial charge in [-0.05, 0) is 76.6 Å². The molecule has 234 valence electrons. The van der Waals surface area contributed by atoms with E-state index in [1.165, 1.54) is 19.8 Å². The molecule has 0 N–H and O–H groups in total. The summed E-state index contributed by atoms with van der Waals surface area (Å²) < 4.78 is 29.0. The summed E-state index contributed by atoms with van der Waals surface area (Å²) in [4.78, 5) is 24.8. The molecule has 0 saturated heterocycles. The minimum atomic E-state index is -1.77. The maximum absolute atomic E-state index is 12.5. The summed E-state index contributed by atoms with van der Waals surface area (Å²) in [6.45, 7) is 12.0. The average molecular weight is 617 g/mol. The van der Waals surface area contributed by atoms with Gasteiger partial charge in [0.05, 0.1) is 11.1 Å². The molecule has 8 heteroatoms. The van der Waals surface area contributed by atoms with E-state index in [9.17, 15) is 9.59 Å². The lowest BCUT2D eigenvalue weighted by Crippen LogP contribution is -2.40. The van der Waals surface area contributed by atoms with E-state index in [0.717, 1.165) is 60.0 Å². The second-order valence-electron chi connectivity index (χ2n) is 12.5. The van der Waals surface area contributed by atoms with Crippen LogP contribution in [-0.2, 0) is 20.3 Å². The Morgan fingerprint density at radius 2 is 1.30 bits per heavy atom. The zero-order valence-electron chi connectivity index (χ0n) is 27.0. The quantitative estimate of drug-likeness (QED) is 0.0573. The number of hydrogen-bond acceptors (Lipinski definition) is 7. The molecule has 4 aromatic rings. The zero-order chi connectivity index (χ0) is 31.9. The number of ether oxygens (including phenoxy) is 4. The Hall–Kier alpha value is -3.56. The Kier molecular flexibility index (Phi) is 11.0. The lowest BCUT2D eigenvalue weighted by molar-refractivity contribution is 0.0495. The summed E-state index contributed by atoms with van der Waals surface area (Å²) in [5, 5.41) is 3.65. The predicted molar refractivity (Wildman–Crippen MR) is 179 cm³/mol. The lowest BCUT2D eigenvalue weighted by Gasteiger charge is -2.36. The summed E-state index contributed by atoms with van der Waals surface area (Å²) in [5.41, 5.74) is 3.22. The highest BCUT2D eigenvalue weighted by molar-refractivity contribution is 6.74. The van der Waals surface area contributed by atoms with Crippen LogP contribution < -0.4 is 9.47 Å². The van der Waals surface area contributed by atoms with E-state index in [4.69, 9.17) is 23.4 Å². The molecule has 4 rings (SSSR count). The number of carbonyl (C=O) groups is 2. The van der Waals surface area contributed by atoms with Gasteiger partial charge in [0, 0.05) is 32.0 Å². The molecule has 0 atom stereocenters. The molecule has 0 aliphatic rings. The molecule has 0 spiro atoms. The Morgan fingerprint density at radius 1 is 0.727 bits per heavy atom. The summed E-state index contributed by atoms with van der Waals surface area (Å²) in [6, 6.07) is 17.7. The maximum Gasteiger partial charge on any atom is 0.191 e. The molecule has 0 heterocycles. The highest BCUT2D eigenvalue weighted by Crippen LogP contribution is 2.48. The van der Waals surface area contributed by atoms with Crippen molar-refractivity contribution in [1.29, 1.82) is 0 Å². The van der Waals surface area contributed by atoms with Gasteiger partial charge in [-0.25, -0.2) is 0 Å². The molecule has 0 saturated carbocycles. The number of benzene rings is 4. The summed E-state index contributed by atoms with van der Waals surface area (Å²) in [6.07, 6.45) is 4.42. The third-order valence-electron chi connectivity index (χ3n) is 8.49. The topological polar surface area (TPSA) is 80.3 Å².